The maximum Gasteiger partial charge on any atom is 0.317 e. The molecule has 2 N–H and O–H groups in total. The van der Waals surface area contributed by atoms with Gasteiger partial charge in [-0.3, -0.25) is 0 Å². The zero-order valence-electron chi connectivity index (χ0n) is 14.7. The number of halogens is 1. The summed E-state index contributed by atoms with van der Waals surface area (Å²) in [6, 6.07) is 11.2. The van der Waals surface area contributed by atoms with Gasteiger partial charge in [0.25, 0.3) is 0 Å². The summed E-state index contributed by atoms with van der Waals surface area (Å²) in [6.45, 7) is 5.98. The minimum atomic E-state index is 0. The van der Waals surface area contributed by atoms with Crippen molar-refractivity contribution >= 4 is 35.2 Å². The second kappa shape index (κ2) is 7.56. The largest absolute Gasteiger partial charge is 0.358 e. The van der Waals surface area contributed by atoms with E-state index in [1.807, 2.05) is 0 Å². The number of carbonyl (C=O) groups excluding carboxylic acids is 1. The van der Waals surface area contributed by atoms with Gasteiger partial charge in [0.15, 0.2) is 0 Å². The Morgan fingerprint density at radius 3 is 2.84 bits per heavy atom. The second-order valence-corrected chi connectivity index (χ2v) is 6.99. The normalized spacial score (nSPS) is 24.1. The quantitative estimate of drug-likeness (QED) is 0.876. The topological polar surface area (TPSA) is 51.4 Å². The number of hydrogen-bond acceptors (Lipinski definition) is 2. The molecule has 2 aliphatic heterocycles. The molecule has 6 heteroatoms. The lowest BCUT2D eigenvalue weighted by Crippen LogP contribution is -2.57. The van der Waals surface area contributed by atoms with Gasteiger partial charge in [-0.25, -0.2) is 4.79 Å². The standard InChI is InChI=1S/C19H26N4O.ClH/c1-2-14-13-22(18-12-15-6-3-4-7-16(15)21-18)11-8-17(14)23-10-5-9-20-19(23)24;/h3-4,6-7,12,14,17,21H,2,5,8-11,13H2,1H3,(H,20,24);1H. The van der Waals surface area contributed by atoms with Crippen LogP contribution in [0.4, 0.5) is 10.6 Å². The van der Waals surface area contributed by atoms with E-state index in [0.29, 0.717) is 12.0 Å². The summed E-state index contributed by atoms with van der Waals surface area (Å²) in [5.41, 5.74) is 1.19. The summed E-state index contributed by atoms with van der Waals surface area (Å²) in [6.07, 6.45) is 3.21. The van der Waals surface area contributed by atoms with Gasteiger partial charge in [0, 0.05) is 43.1 Å². The molecule has 25 heavy (non-hydrogen) atoms. The predicted molar refractivity (Wildman–Crippen MR) is 105 cm³/mol. The first-order valence-electron chi connectivity index (χ1n) is 9.13. The number of para-hydroxylation sites is 1. The summed E-state index contributed by atoms with van der Waals surface area (Å²) >= 11 is 0. The molecule has 2 fully saturated rings. The maximum absolute atomic E-state index is 12.2. The van der Waals surface area contributed by atoms with Crippen molar-refractivity contribution in [3.63, 3.8) is 0 Å². The minimum Gasteiger partial charge on any atom is -0.358 e. The Kier molecular flexibility index (Phi) is 5.42. The SMILES string of the molecule is CCC1CN(c2cc3ccccc3[nH]2)CCC1N1CCCNC1=O.Cl. The van der Waals surface area contributed by atoms with E-state index >= 15 is 0 Å². The zero-order valence-corrected chi connectivity index (χ0v) is 15.5. The monoisotopic (exact) mass is 362 g/mol. The highest BCUT2D eigenvalue weighted by Crippen LogP contribution is 2.30. The first kappa shape index (κ1) is 17.9. The van der Waals surface area contributed by atoms with Crippen molar-refractivity contribution in [2.24, 2.45) is 5.92 Å². The average Bonchev–Trinajstić information content (AvgIpc) is 3.06. The summed E-state index contributed by atoms with van der Waals surface area (Å²) in [7, 11) is 0. The summed E-state index contributed by atoms with van der Waals surface area (Å²) in [5.74, 6) is 1.73. The van der Waals surface area contributed by atoms with E-state index in [1.165, 1.54) is 16.7 Å². The molecule has 1 aromatic carbocycles. The Morgan fingerprint density at radius 1 is 1.24 bits per heavy atom. The van der Waals surface area contributed by atoms with Crippen LogP contribution in [0.15, 0.2) is 30.3 Å². The highest BCUT2D eigenvalue weighted by Gasteiger charge is 2.35. The number of rotatable bonds is 3. The fourth-order valence-corrected chi connectivity index (χ4v) is 4.24. The van der Waals surface area contributed by atoms with E-state index in [2.05, 4.69) is 57.4 Å². The van der Waals surface area contributed by atoms with E-state index in [0.717, 1.165) is 45.4 Å². The molecule has 2 aliphatic rings. The van der Waals surface area contributed by atoms with Crippen LogP contribution in [0.5, 0.6) is 0 Å². The van der Waals surface area contributed by atoms with E-state index in [9.17, 15) is 4.79 Å². The number of amides is 2. The first-order chi connectivity index (χ1) is 11.8. The molecule has 4 rings (SSSR count). The fourth-order valence-electron chi connectivity index (χ4n) is 4.24. The molecule has 1 aromatic heterocycles. The minimum absolute atomic E-state index is 0. The first-order valence-corrected chi connectivity index (χ1v) is 9.13. The maximum atomic E-state index is 12.2. The van der Waals surface area contributed by atoms with Gasteiger partial charge in [-0.15, -0.1) is 12.4 Å². The molecular weight excluding hydrogens is 336 g/mol. The Morgan fingerprint density at radius 2 is 2.08 bits per heavy atom. The molecule has 2 unspecified atom stereocenters. The third-order valence-electron chi connectivity index (χ3n) is 5.59. The molecular formula is C19H27ClN4O. The lowest BCUT2D eigenvalue weighted by Gasteiger charge is -2.45. The predicted octanol–water partition coefficient (Wildman–Crippen LogP) is 3.61. The van der Waals surface area contributed by atoms with Crippen molar-refractivity contribution in [2.45, 2.75) is 32.2 Å². The van der Waals surface area contributed by atoms with Crippen LogP contribution in [-0.4, -0.2) is 48.1 Å². The molecule has 2 aromatic rings. The molecule has 0 radical (unpaired) electrons. The van der Waals surface area contributed by atoms with Crippen LogP contribution in [0.3, 0.4) is 0 Å². The number of nitrogens with zero attached hydrogens (tertiary/aromatic N) is 2. The van der Waals surface area contributed by atoms with Crippen molar-refractivity contribution < 1.29 is 4.79 Å². The number of anilines is 1. The zero-order chi connectivity index (χ0) is 16.5. The fraction of sp³-hybridized carbons (Fsp3) is 0.526. The Labute approximate surface area is 155 Å². The van der Waals surface area contributed by atoms with Crippen LogP contribution in [-0.2, 0) is 0 Å². The van der Waals surface area contributed by atoms with Crippen LogP contribution in [0.2, 0.25) is 0 Å². The smallest absolute Gasteiger partial charge is 0.317 e. The molecule has 0 aliphatic carbocycles. The Hall–Kier alpha value is -1.88. The Balaban J connectivity index is 0.00000182. The lowest BCUT2D eigenvalue weighted by atomic mass is 9.88. The average molecular weight is 363 g/mol. The number of aromatic amines is 1. The van der Waals surface area contributed by atoms with E-state index in [4.69, 9.17) is 0 Å². The number of hydrogen-bond donors (Lipinski definition) is 2. The van der Waals surface area contributed by atoms with Gasteiger partial charge < -0.3 is 20.1 Å². The number of fused-ring (bicyclic) bond motifs is 1. The van der Waals surface area contributed by atoms with Gasteiger partial charge >= 0.3 is 6.03 Å². The van der Waals surface area contributed by atoms with Crippen LogP contribution >= 0.6 is 12.4 Å². The lowest BCUT2D eigenvalue weighted by molar-refractivity contribution is 0.119. The molecule has 3 heterocycles. The molecule has 2 saturated heterocycles. The molecule has 0 bridgehead atoms. The molecule has 5 nitrogen and oxygen atoms in total. The van der Waals surface area contributed by atoms with Crippen LogP contribution in [0.25, 0.3) is 10.9 Å². The third kappa shape index (κ3) is 3.43. The summed E-state index contributed by atoms with van der Waals surface area (Å²) in [4.78, 5) is 20.3. The number of H-pyrrole nitrogens is 1. The van der Waals surface area contributed by atoms with Gasteiger partial charge in [-0.2, -0.15) is 0 Å². The molecule has 0 saturated carbocycles. The van der Waals surface area contributed by atoms with Gasteiger partial charge in [0.05, 0.1) is 0 Å². The van der Waals surface area contributed by atoms with E-state index < -0.39 is 0 Å². The van der Waals surface area contributed by atoms with Gasteiger partial charge in [0.2, 0.25) is 0 Å². The third-order valence-corrected chi connectivity index (χ3v) is 5.59. The van der Waals surface area contributed by atoms with Crippen molar-refractivity contribution in [3.8, 4) is 0 Å². The van der Waals surface area contributed by atoms with Crippen molar-refractivity contribution in [1.29, 1.82) is 0 Å². The number of nitrogens with one attached hydrogen (secondary N) is 2. The molecule has 0 spiro atoms. The second-order valence-electron chi connectivity index (χ2n) is 6.99. The highest BCUT2D eigenvalue weighted by atomic mass is 35.5. The van der Waals surface area contributed by atoms with Gasteiger partial charge in [-0.1, -0.05) is 25.1 Å². The van der Waals surface area contributed by atoms with Crippen LogP contribution in [0.1, 0.15) is 26.2 Å². The Bertz CT molecular complexity index is 698. The number of aromatic nitrogens is 1. The highest BCUT2D eigenvalue weighted by molar-refractivity contribution is 5.85. The van der Waals surface area contributed by atoms with Crippen molar-refractivity contribution in [2.75, 3.05) is 31.1 Å². The van der Waals surface area contributed by atoms with Gasteiger partial charge in [0.1, 0.15) is 5.82 Å². The van der Waals surface area contributed by atoms with Gasteiger partial charge in [-0.05, 0) is 37.3 Å². The number of carbonyl (C=O) groups is 1. The van der Waals surface area contributed by atoms with Crippen molar-refractivity contribution in [3.05, 3.63) is 30.3 Å². The number of benzene rings is 1. The molecule has 2 amide bonds. The number of piperidine rings is 1. The number of urea groups is 1. The van der Waals surface area contributed by atoms with Crippen molar-refractivity contribution in [1.82, 2.24) is 15.2 Å². The van der Waals surface area contributed by atoms with Crippen LogP contribution < -0.4 is 10.2 Å². The van der Waals surface area contributed by atoms with Crippen LogP contribution in [0, 0.1) is 5.92 Å². The molecule has 2 atom stereocenters. The van der Waals surface area contributed by atoms with E-state index in [1.54, 1.807) is 0 Å². The summed E-state index contributed by atoms with van der Waals surface area (Å²) < 4.78 is 0. The molecule has 136 valence electrons. The van der Waals surface area contributed by atoms with E-state index in [-0.39, 0.29) is 18.4 Å². The summed E-state index contributed by atoms with van der Waals surface area (Å²) in [5, 5.41) is 4.26.